The average Bonchev–Trinajstić information content (AvgIpc) is 3.40. The molecule has 1 aromatic rings. The molecule has 0 unspecified atom stereocenters. The van der Waals surface area contributed by atoms with Gasteiger partial charge in [0.25, 0.3) is 11.8 Å². The third-order valence-corrected chi connectivity index (χ3v) is 5.19. The van der Waals surface area contributed by atoms with Crippen molar-refractivity contribution in [2.45, 2.75) is 43.7 Å². The molecule has 1 saturated carbocycles. The number of carbonyl (C=O) groups excluding carboxylic acids is 3. The summed E-state index contributed by atoms with van der Waals surface area (Å²) in [6, 6.07) is 5.23. The molecule has 1 aliphatic carbocycles. The first-order valence-corrected chi connectivity index (χ1v) is 10.0. The van der Waals surface area contributed by atoms with Gasteiger partial charge in [-0.25, -0.2) is 13.1 Å². The topological polar surface area (TPSA) is 131 Å². The Morgan fingerprint density at radius 1 is 1.15 bits per heavy atom. The molecule has 2 rings (SSSR count). The Bertz CT molecular complexity index is 800. The van der Waals surface area contributed by atoms with Crippen LogP contribution in [0, 0.1) is 0 Å². The van der Waals surface area contributed by atoms with E-state index in [-0.39, 0.29) is 35.1 Å². The van der Waals surface area contributed by atoms with Crippen LogP contribution in [0.15, 0.2) is 29.2 Å². The number of hydrogen-bond acceptors (Lipinski definition) is 6. The van der Waals surface area contributed by atoms with E-state index < -0.39 is 28.4 Å². The maximum absolute atomic E-state index is 12.0. The third-order valence-electron chi connectivity index (χ3n) is 3.52. The van der Waals surface area contributed by atoms with Crippen LogP contribution in [0.25, 0.3) is 0 Å². The molecular weight excluding hydrogens is 374 g/mol. The van der Waals surface area contributed by atoms with Gasteiger partial charge in [0.2, 0.25) is 10.0 Å². The molecule has 0 heterocycles. The molecule has 148 valence electrons. The minimum absolute atomic E-state index is 0.0360. The molecule has 0 bridgehead atoms. The lowest BCUT2D eigenvalue weighted by atomic mass is 10.2. The van der Waals surface area contributed by atoms with Crippen LogP contribution in [0.1, 0.15) is 37.0 Å². The number of ether oxygens (including phenoxy) is 1. The Kier molecular flexibility index (Phi) is 6.92. The second-order valence-corrected chi connectivity index (χ2v) is 8.20. The summed E-state index contributed by atoms with van der Waals surface area (Å²) in [5.74, 6) is -1.67. The number of rotatable bonds is 9. The Hall–Kier alpha value is -2.46. The largest absolute Gasteiger partial charge is 0.454 e. The first-order chi connectivity index (χ1) is 12.7. The predicted octanol–water partition coefficient (Wildman–Crippen LogP) is -0.0751. The van der Waals surface area contributed by atoms with E-state index in [0.717, 1.165) is 12.8 Å². The quantitative estimate of drug-likeness (QED) is 0.500. The van der Waals surface area contributed by atoms with Gasteiger partial charge in [0, 0.05) is 17.6 Å². The van der Waals surface area contributed by atoms with Gasteiger partial charge in [0.05, 0.1) is 4.90 Å². The van der Waals surface area contributed by atoms with Gasteiger partial charge < -0.3 is 15.4 Å². The van der Waals surface area contributed by atoms with Gasteiger partial charge in [0.1, 0.15) is 6.54 Å². The van der Waals surface area contributed by atoms with Crippen molar-refractivity contribution < 1.29 is 27.5 Å². The molecule has 0 radical (unpaired) electrons. The van der Waals surface area contributed by atoms with Gasteiger partial charge in [-0.1, -0.05) is 0 Å². The molecule has 0 aromatic heterocycles. The monoisotopic (exact) mass is 397 g/mol. The van der Waals surface area contributed by atoms with Crippen molar-refractivity contribution in [2.24, 2.45) is 0 Å². The SMILES string of the molecule is CC(C)NS(=O)(=O)c1ccc(C(=O)NCC(=O)OCC(=O)NC2CC2)cc1. The highest BCUT2D eigenvalue weighted by atomic mass is 32.2. The summed E-state index contributed by atoms with van der Waals surface area (Å²) in [4.78, 5) is 35.0. The molecule has 1 aliphatic rings. The zero-order valence-electron chi connectivity index (χ0n) is 15.2. The lowest BCUT2D eigenvalue weighted by Gasteiger charge is -2.10. The Morgan fingerprint density at radius 3 is 2.33 bits per heavy atom. The smallest absolute Gasteiger partial charge is 0.325 e. The van der Waals surface area contributed by atoms with Crippen LogP contribution in [-0.4, -0.2) is 51.4 Å². The average molecular weight is 397 g/mol. The van der Waals surface area contributed by atoms with Gasteiger partial charge in [-0.15, -0.1) is 0 Å². The summed E-state index contributed by atoms with van der Waals surface area (Å²) in [6.45, 7) is 2.62. The van der Waals surface area contributed by atoms with Crippen molar-refractivity contribution in [2.75, 3.05) is 13.2 Å². The van der Waals surface area contributed by atoms with Crippen LogP contribution in [0.4, 0.5) is 0 Å². The second-order valence-electron chi connectivity index (χ2n) is 6.49. The van der Waals surface area contributed by atoms with E-state index in [1.165, 1.54) is 24.3 Å². The Labute approximate surface area is 157 Å². The first-order valence-electron chi connectivity index (χ1n) is 8.53. The van der Waals surface area contributed by atoms with Crippen LogP contribution < -0.4 is 15.4 Å². The summed E-state index contributed by atoms with van der Waals surface area (Å²) in [5, 5.41) is 5.03. The standard InChI is InChI=1S/C17H23N3O6S/c1-11(2)20-27(24,25)14-7-3-12(4-8-14)17(23)18-9-16(22)26-10-15(21)19-13-5-6-13/h3-4,7-8,11,13,20H,5-6,9-10H2,1-2H3,(H,18,23)(H,19,21). The van der Waals surface area contributed by atoms with E-state index in [4.69, 9.17) is 4.74 Å². The summed E-state index contributed by atoms with van der Waals surface area (Å²) in [5.41, 5.74) is 0.192. The van der Waals surface area contributed by atoms with Crippen LogP contribution in [0.5, 0.6) is 0 Å². The number of benzene rings is 1. The number of sulfonamides is 1. The van der Waals surface area contributed by atoms with Crippen molar-refractivity contribution in [1.82, 2.24) is 15.4 Å². The number of carbonyl (C=O) groups is 3. The zero-order chi connectivity index (χ0) is 20.0. The maximum Gasteiger partial charge on any atom is 0.325 e. The molecular formula is C17H23N3O6S. The summed E-state index contributed by atoms with van der Waals surface area (Å²) >= 11 is 0. The second kappa shape index (κ2) is 8.96. The van der Waals surface area contributed by atoms with E-state index in [1.54, 1.807) is 13.8 Å². The minimum Gasteiger partial charge on any atom is -0.454 e. The highest BCUT2D eigenvalue weighted by Gasteiger charge is 2.23. The molecule has 1 fully saturated rings. The molecule has 0 saturated heterocycles. The molecule has 9 nitrogen and oxygen atoms in total. The van der Waals surface area contributed by atoms with Gasteiger partial charge >= 0.3 is 5.97 Å². The fourth-order valence-electron chi connectivity index (χ4n) is 2.11. The third kappa shape index (κ3) is 6.99. The molecule has 3 N–H and O–H groups in total. The molecule has 0 atom stereocenters. The van der Waals surface area contributed by atoms with E-state index in [0.29, 0.717) is 0 Å². The predicted molar refractivity (Wildman–Crippen MR) is 96.4 cm³/mol. The van der Waals surface area contributed by atoms with Gasteiger partial charge in [-0.05, 0) is 51.0 Å². The van der Waals surface area contributed by atoms with Gasteiger partial charge in [-0.3, -0.25) is 14.4 Å². The van der Waals surface area contributed by atoms with E-state index in [2.05, 4.69) is 15.4 Å². The van der Waals surface area contributed by atoms with Crippen LogP contribution in [0.2, 0.25) is 0 Å². The van der Waals surface area contributed by atoms with Crippen LogP contribution >= 0.6 is 0 Å². The van der Waals surface area contributed by atoms with Crippen LogP contribution in [0.3, 0.4) is 0 Å². The van der Waals surface area contributed by atoms with E-state index in [1.807, 2.05) is 0 Å². The van der Waals surface area contributed by atoms with Crippen molar-refractivity contribution in [3.05, 3.63) is 29.8 Å². The minimum atomic E-state index is -3.64. The number of nitrogens with one attached hydrogen (secondary N) is 3. The lowest BCUT2D eigenvalue weighted by Crippen LogP contribution is -2.34. The molecule has 10 heteroatoms. The van der Waals surface area contributed by atoms with Crippen LogP contribution in [-0.2, 0) is 24.3 Å². The first kappa shape index (κ1) is 20.8. The Balaban J connectivity index is 1.79. The fourth-order valence-corrected chi connectivity index (χ4v) is 3.36. The van der Waals surface area contributed by atoms with Crippen molar-refractivity contribution in [3.63, 3.8) is 0 Å². The maximum atomic E-state index is 12.0. The molecule has 27 heavy (non-hydrogen) atoms. The zero-order valence-corrected chi connectivity index (χ0v) is 16.0. The van der Waals surface area contributed by atoms with Crippen molar-refractivity contribution in [3.8, 4) is 0 Å². The number of hydrogen-bond donors (Lipinski definition) is 3. The van der Waals surface area contributed by atoms with Gasteiger partial charge in [-0.2, -0.15) is 0 Å². The molecule has 0 spiro atoms. The number of amides is 2. The van der Waals surface area contributed by atoms with E-state index >= 15 is 0 Å². The Morgan fingerprint density at radius 2 is 1.78 bits per heavy atom. The fraction of sp³-hybridized carbons (Fsp3) is 0.471. The summed E-state index contributed by atoms with van der Waals surface area (Å²) in [6.07, 6.45) is 1.87. The van der Waals surface area contributed by atoms with E-state index in [9.17, 15) is 22.8 Å². The van der Waals surface area contributed by atoms with Gasteiger partial charge in [0.15, 0.2) is 6.61 Å². The summed E-state index contributed by atoms with van der Waals surface area (Å²) < 4.78 is 31.3. The van der Waals surface area contributed by atoms with Crippen molar-refractivity contribution in [1.29, 1.82) is 0 Å². The summed E-state index contributed by atoms with van der Waals surface area (Å²) in [7, 11) is -3.64. The lowest BCUT2D eigenvalue weighted by molar-refractivity contribution is -0.147. The molecule has 1 aromatic carbocycles. The molecule has 2 amide bonds. The molecule has 0 aliphatic heterocycles. The van der Waals surface area contributed by atoms with Crippen molar-refractivity contribution >= 4 is 27.8 Å². The highest BCUT2D eigenvalue weighted by molar-refractivity contribution is 7.89. The normalized spacial score (nSPS) is 13.9. The highest BCUT2D eigenvalue weighted by Crippen LogP contribution is 2.18. The number of esters is 1.